The highest BCUT2D eigenvalue weighted by Gasteiger charge is 2.39. The van der Waals surface area contributed by atoms with Gasteiger partial charge in [0.2, 0.25) is 13.3 Å². The number of fused-ring (bicyclic) bond motifs is 1. The van der Waals surface area contributed by atoms with E-state index in [4.69, 9.17) is 14.2 Å². The molecule has 1 aromatic carbocycles. The molecule has 25 heavy (non-hydrogen) atoms. The van der Waals surface area contributed by atoms with Crippen LogP contribution in [0.4, 0.5) is 0 Å². The molecule has 0 spiro atoms. The number of ketones is 1. The van der Waals surface area contributed by atoms with E-state index in [1.807, 2.05) is 6.92 Å². The van der Waals surface area contributed by atoms with Gasteiger partial charge in [-0.1, -0.05) is 13.0 Å². The van der Waals surface area contributed by atoms with Crippen molar-refractivity contribution >= 4 is 11.8 Å². The number of rotatable bonds is 9. The number of carbonyl (C=O) groups is 2. The van der Waals surface area contributed by atoms with Crippen LogP contribution < -0.4 is 9.47 Å². The van der Waals surface area contributed by atoms with E-state index in [0.717, 1.165) is 0 Å². The van der Waals surface area contributed by atoms with E-state index in [1.165, 1.54) is 0 Å². The summed E-state index contributed by atoms with van der Waals surface area (Å²) in [5, 5.41) is 11.2. The zero-order chi connectivity index (χ0) is 18.4. The second-order valence-corrected chi connectivity index (χ2v) is 5.68. The maximum absolute atomic E-state index is 12.5. The van der Waals surface area contributed by atoms with Gasteiger partial charge >= 0.3 is 5.97 Å². The third kappa shape index (κ3) is 4.46. The van der Waals surface area contributed by atoms with Crippen LogP contribution in [0.15, 0.2) is 18.2 Å². The monoisotopic (exact) mass is 351 g/mol. The molecule has 1 aliphatic rings. The summed E-state index contributed by atoms with van der Waals surface area (Å²) in [5.74, 6) is -2.27. The zero-order valence-corrected chi connectivity index (χ0v) is 14.2. The number of carbonyl (C=O) groups excluding carboxylic acids is 2. The molecule has 0 fully saturated rings. The van der Waals surface area contributed by atoms with E-state index in [1.54, 1.807) is 25.1 Å². The summed E-state index contributed by atoms with van der Waals surface area (Å²) in [6.45, 7) is 3.04. The topological polar surface area (TPSA) is 105 Å². The largest absolute Gasteiger partial charge is 0.465 e. The molecule has 0 amide bonds. The van der Waals surface area contributed by atoms with Crippen LogP contribution in [-0.2, 0) is 14.3 Å². The van der Waals surface area contributed by atoms with Crippen molar-refractivity contribution in [2.24, 2.45) is 5.92 Å². The highest BCUT2D eigenvalue weighted by atomic mass is 16.7. The molecule has 0 bridgehead atoms. The summed E-state index contributed by atoms with van der Waals surface area (Å²) in [5.41, 5.74) is 0.475. The molecule has 2 rings (SSSR count). The molecular weight excluding hydrogens is 330 g/mol. The summed E-state index contributed by atoms with van der Waals surface area (Å²) in [4.78, 5) is 35.5. The molecule has 0 aliphatic carbocycles. The smallest absolute Gasteiger partial charge is 0.317 e. The first-order valence-corrected chi connectivity index (χ1v) is 8.18. The highest BCUT2D eigenvalue weighted by molar-refractivity contribution is 6.00. The molecule has 0 N–H and O–H groups in total. The number of hydrogen-bond donors (Lipinski definition) is 0. The Morgan fingerprint density at radius 3 is 2.64 bits per heavy atom. The van der Waals surface area contributed by atoms with E-state index in [-0.39, 0.29) is 25.6 Å². The predicted octanol–water partition coefficient (Wildman–Crippen LogP) is 2.32. The molecule has 136 valence electrons. The van der Waals surface area contributed by atoms with Crippen molar-refractivity contribution in [2.75, 3.05) is 19.9 Å². The standard InChI is InChI=1S/C17H21NO7/c1-3-5-13(19)16(17(20)23-4-2)12(9-18(21)22)11-6-7-14-15(8-11)25-10-24-14/h6-8,12,16H,3-5,9-10H2,1-2H3. The molecule has 8 nitrogen and oxygen atoms in total. The third-order valence-corrected chi connectivity index (χ3v) is 3.96. The molecule has 2 atom stereocenters. The van der Waals surface area contributed by atoms with Gasteiger partial charge in [0.05, 0.1) is 12.5 Å². The van der Waals surface area contributed by atoms with Gasteiger partial charge in [0, 0.05) is 11.3 Å². The first-order chi connectivity index (χ1) is 12.0. The fourth-order valence-corrected chi connectivity index (χ4v) is 2.86. The SMILES string of the molecule is CCCC(=O)C(C(=O)OCC)C(C[N+](=O)[O-])c1ccc2c(c1)OCO2. The van der Waals surface area contributed by atoms with Gasteiger partial charge in [-0.15, -0.1) is 0 Å². The van der Waals surface area contributed by atoms with Crippen molar-refractivity contribution in [3.8, 4) is 11.5 Å². The zero-order valence-electron chi connectivity index (χ0n) is 14.2. The number of esters is 1. The third-order valence-electron chi connectivity index (χ3n) is 3.96. The van der Waals surface area contributed by atoms with Gasteiger partial charge in [-0.2, -0.15) is 0 Å². The van der Waals surface area contributed by atoms with E-state index in [2.05, 4.69) is 0 Å². The van der Waals surface area contributed by atoms with Crippen LogP contribution in [0.5, 0.6) is 11.5 Å². The molecule has 0 radical (unpaired) electrons. The van der Waals surface area contributed by atoms with Gasteiger partial charge in [0.1, 0.15) is 11.7 Å². The van der Waals surface area contributed by atoms with Crippen molar-refractivity contribution in [1.29, 1.82) is 0 Å². The van der Waals surface area contributed by atoms with Gasteiger partial charge in [0.15, 0.2) is 11.5 Å². The number of Topliss-reactive ketones (excluding diaryl/α,β-unsaturated/α-hetero) is 1. The molecular formula is C17H21NO7. The van der Waals surface area contributed by atoms with E-state index >= 15 is 0 Å². The number of hydrogen-bond acceptors (Lipinski definition) is 7. The molecule has 8 heteroatoms. The van der Waals surface area contributed by atoms with Crippen LogP contribution in [0.2, 0.25) is 0 Å². The second kappa shape index (κ2) is 8.46. The fourth-order valence-electron chi connectivity index (χ4n) is 2.86. The lowest BCUT2D eigenvalue weighted by Gasteiger charge is -2.22. The summed E-state index contributed by atoms with van der Waals surface area (Å²) < 4.78 is 15.5. The van der Waals surface area contributed by atoms with Gasteiger partial charge in [-0.3, -0.25) is 19.7 Å². The molecule has 0 aromatic heterocycles. The molecule has 0 saturated carbocycles. The van der Waals surface area contributed by atoms with Crippen LogP contribution >= 0.6 is 0 Å². The maximum atomic E-state index is 12.5. The van der Waals surface area contributed by atoms with Gasteiger partial charge < -0.3 is 14.2 Å². The Morgan fingerprint density at radius 1 is 1.28 bits per heavy atom. The lowest BCUT2D eigenvalue weighted by atomic mass is 9.81. The van der Waals surface area contributed by atoms with Crippen molar-refractivity contribution in [2.45, 2.75) is 32.6 Å². The summed E-state index contributed by atoms with van der Waals surface area (Å²) in [6.07, 6.45) is 0.698. The Bertz CT molecular complexity index is 640. The first-order valence-electron chi connectivity index (χ1n) is 8.18. The van der Waals surface area contributed by atoms with Crippen molar-refractivity contribution in [3.05, 3.63) is 33.9 Å². The fraction of sp³-hybridized carbons (Fsp3) is 0.529. The number of nitro groups is 1. The normalized spacial score (nSPS) is 14.6. The number of benzene rings is 1. The minimum absolute atomic E-state index is 0.0642. The maximum Gasteiger partial charge on any atom is 0.317 e. The van der Waals surface area contributed by atoms with Gasteiger partial charge in [-0.05, 0) is 31.0 Å². The van der Waals surface area contributed by atoms with Crippen LogP contribution in [0.3, 0.4) is 0 Å². The summed E-state index contributed by atoms with van der Waals surface area (Å²) in [6, 6.07) is 4.83. The lowest BCUT2D eigenvalue weighted by molar-refractivity contribution is -0.484. The minimum Gasteiger partial charge on any atom is -0.465 e. The number of nitrogens with zero attached hydrogens (tertiary/aromatic N) is 1. The van der Waals surface area contributed by atoms with Crippen LogP contribution in [0.25, 0.3) is 0 Å². The highest BCUT2D eigenvalue weighted by Crippen LogP contribution is 2.37. The van der Waals surface area contributed by atoms with E-state index < -0.39 is 29.3 Å². The Kier molecular flexibility index (Phi) is 6.32. The molecule has 1 heterocycles. The minimum atomic E-state index is -1.22. The van der Waals surface area contributed by atoms with E-state index in [0.29, 0.717) is 23.5 Å². The van der Waals surface area contributed by atoms with Gasteiger partial charge in [0.25, 0.3) is 0 Å². The second-order valence-electron chi connectivity index (χ2n) is 5.68. The Morgan fingerprint density at radius 2 is 2.00 bits per heavy atom. The molecule has 1 aromatic rings. The predicted molar refractivity (Wildman–Crippen MR) is 87.2 cm³/mol. The lowest BCUT2D eigenvalue weighted by Crippen LogP contribution is -2.35. The number of ether oxygens (including phenoxy) is 3. The average Bonchev–Trinajstić information content (AvgIpc) is 3.02. The molecule has 0 saturated heterocycles. The van der Waals surface area contributed by atoms with Crippen molar-refractivity contribution < 1.29 is 28.7 Å². The summed E-state index contributed by atoms with van der Waals surface area (Å²) >= 11 is 0. The Balaban J connectivity index is 2.42. The quantitative estimate of drug-likeness (QED) is 0.291. The molecule has 2 unspecified atom stereocenters. The van der Waals surface area contributed by atoms with E-state index in [9.17, 15) is 19.7 Å². The molecule has 1 aliphatic heterocycles. The average molecular weight is 351 g/mol. The van der Waals surface area contributed by atoms with Crippen LogP contribution in [-0.4, -0.2) is 36.6 Å². The summed E-state index contributed by atoms with van der Waals surface area (Å²) in [7, 11) is 0. The van der Waals surface area contributed by atoms with Crippen molar-refractivity contribution in [3.63, 3.8) is 0 Å². The van der Waals surface area contributed by atoms with Gasteiger partial charge in [-0.25, -0.2) is 0 Å². The van der Waals surface area contributed by atoms with Crippen molar-refractivity contribution in [1.82, 2.24) is 0 Å². The van der Waals surface area contributed by atoms with Crippen LogP contribution in [0.1, 0.15) is 38.2 Å². The first kappa shape index (κ1) is 18.7. The Hall–Kier alpha value is -2.64. The Labute approximate surface area is 145 Å². The van der Waals surface area contributed by atoms with Crippen LogP contribution in [0, 0.1) is 16.0 Å².